The van der Waals surface area contributed by atoms with Gasteiger partial charge in [-0.3, -0.25) is 0 Å². The van der Waals surface area contributed by atoms with Gasteiger partial charge in [-0.05, 0) is 149 Å². The maximum Gasteiger partial charge on any atom is 0.134 e. The van der Waals surface area contributed by atoms with Crippen molar-refractivity contribution in [1.82, 2.24) is 4.90 Å². The van der Waals surface area contributed by atoms with Gasteiger partial charge in [0.25, 0.3) is 0 Å². The van der Waals surface area contributed by atoms with Crippen LogP contribution in [0.3, 0.4) is 0 Å². The van der Waals surface area contributed by atoms with Crippen LogP contribution in [0.2, 0.25) is 0 Å². The molecule has 4 heteroatoms. The van der Waals surface area contributed by atoms with Crippen LogP contribution in [-0.4, -0.2) is 29.3 Å². The second kappa shape index (κ2) is 14.9. The minimum atomic E-state index is -0.00280. The molecule has 302 valence electrons. The summed E-state index contributed by atoms with van der Waals surface area (Å²) < 4.78 is 21.1. The minimum absolute atomic E-state index is 0.00280. The van der Waals surface area contributed by atoms with Gasteiger partial charge in [0.1, 0.15) is 23.2 Å². The number of hydrogen-bond donors (Lipinski definition) is 0. The summed E-state index contributed by atoms with van der Waals surface area (Å²) in [5.41, 5.74) is 8.22. The molecule has 11 unspecified atom stereocenters. The van der Waals surface area contributed by atoms with E-state index in [1.54, 1.807) is 0 Å². The normalized spacial score (nSPS) is 37.8. The number of ether oxygens (including phenoxy) is 2. The Labute approximate surface area is 350 Å². The standard InChI is InChI=1S/C55H59NO3/c1-3-14-39(15-4-1)56(40-16-5-2-6-17-40)41-30-26-36(27-31-41)37-28-32-46-52(34-37)58-49-23-11-8-20-44(49)55(46)45-21-9-12-24-50(45)59-53-35-38(29-33-47(53)55)42-19-13-25-51-54(42)43-18-7-10-22-48(43)57-51/h1-5,7,10-11,14,16,18,21-24,26,29-31,33,35-37,39,42,44,46-47,49,52-53H,6,8-9,12-13,15,17,19-20,25,27-28,32,34H2. The molecule has 12 rings (SSSR count). The molecule has 8 aliphatic carbocycles. The molecule has 0 radical (unpaired) electrons. The molecule has 0 bridgehead atoms. The highest BCUT2D eigenvalue weighted by atomic mass is 16.5. The molecule has 0 amide bonds. The first-order valence-corrected chi connectivity index (χ1v) is 23.4. The largest absolute Gasteiger partial charge is 0.486 e. The van der Waals surface area contributed by atoms with Gasteiger partial charge in [-0.15, -0.1) is 0 Å². The molecule has 59 heavy (non-hydrogen) atoms. The van der Waals surface area contributed by atoms with Crippen LogP contribution < -0.4 is 0 Å². The highest BCUT2D eigenvalue weighted by Crippen LogP contribution is 2.67. The SMILES string of the molecule is C1=CCCC(N(C2=CCC(C3CCC4C(C3)OC3C=CCCC3C43C4=CCCC=C4OC4C=C(C5CCCc6oc7ccccc7c65)C=CC43)C=C2)C2C=CC=CC2)=C1. The van der Waals surface area contributed by atoms with Crippen molar-refractivity contribution in [2.45, 2.75) is 120 Å². The lowest BCUT2D eigenvalue weighted by molar-refractivity contribution is -0.211. The molecule has 3 heterocycles. The predicted octanol–water partition coefficient (Wildman–Crippen LogP) is 13.0. The fourth-order valence-corrected chi connectivity index (χ4v) is 13.9. The lowest BCUT2D eigenvalue weighted by Crippen LogP contribution is -2.64. The van der Waals surface area contributed by atoms with E-state index < -0.39 is 0 Å². The Kier molecular flexibility index (Phi) is 9.16. The van der Waals surface area contributed by atoms with Gasteiger partial charge in [0.15, 0.2) is 0 Å². The highest BCUT2D eigenvalue weighted by Gasteiger charge is 2.65. The highest BCUT2D eigenvalue weighted by molar-refractivity contribution is 5.84. The summed E-state index contributed by atoms with van der Waals surface area (Å²) in [5, 5.41) is 1.29. The summed E-state index contributed by atoms with van der Waals surface area (Å²) in [7, 11) is 0. The molecule has 1 saturated carbocycles. The fourth-order valence-electron chi connectivity index (χ4n) is 13.9. The summed E-state index contributed by atoms with van der Waals surface area (Å²) in [6.07, 6.45) is 57.6. The van der Waals surface area contributed by atoms with Crippen LogP contribution in [0.4, 0.5) is 0 Å². The summed E-state index contributed by atoms with van der Waals surface area (Å²) in [6.45, 7) is 0. The van der Waals surface area contributed by atoms with Crippen molar-refractivity contribution in [2.24, 2.45) is 35.0 Å². The molecule has 1 spiro atoms. The molecule has 1 aromatic heterocycles. The monoisotopic (exact) mass is 781 g/mol. The van der Waals surface area contributed by atoms with Gasteiger partial charge >= 0.3 is 0 Å². The molecular weight excluding hydrogens is 723 g/mol. The zero-order chi connectivity index (χ0) is 38.9. The maximum absolute atomic E-state index is 7.41. The van der Waals surface area contributed by atoms with Crippen LogP contribution in [0, 0.1) is 35.0 Å². The van der Waals surface area contributed by atoms with E-state index in [0.717, 1.165) is 76.2 Å². The Morgan fingerprint density at radius 3 is 2.61 bits per heavy atom. The Balaban J connectivity index is 0.856. The number of allylic oxidation sites excluding steroid dienone is 15. The van der Waals surface area contributed by atoms with Crippen LogP contribution in [0.25, 0.3) is 11.0 Å². The van der Waals surface area contributed by atoms with Gasteiger partial charge in [0.2, 0.25) is 0 Å². The van der Waals surface area contributed by atoms with Crippen molar-refractivity contribution >= 4 is 11.0 Å². The summed E-state index contributed by atoms with van der Waals surface area (Å²) in [4.78, 5) is 2.63. The number of para-hydroxylation sites is 1. The lowest BCUT2D eigenvalue weighted by atomic mass is 9.45. The van der Waals surface area contributed by atoms with E-state index in [1.807, 2.05) is 0 Å². The quantitative estimate of drug-likeness (QED) is 0.283. The Morgan fingerprint density at radius 2 is 1.71 bits per heavy atom. The molecule has 2 aromatic rings. The molecule has 0 N–H and O–H groups in total. The molecule has 4 nitrogen and oxygen atoms in total. The van der Waals surface area contributed by atoms with Gasteiger partial charge in [-0.25, -0.2) is 0 Å². The third-order valence-electron chi connectivity index (χ3n) is 16.3. The smallest absolute Gasteiger partial charge is 0.134 e. The zero-order valence-corrected chi connectivity index (χ0v) is 34.5. The first kappa shape index (κ1) is 36.3. The summed E-state index contributed by atoms with van der Waals surface area (Å²) in [5.74, 6) is 5.11. The van der Waals surface area contributed by atoms with Crippen molar-refractivity contribution in [1.29, 1.82) is 0 Å². The zero-order valence-electron chi connectivity index (χ0n) is 34.5. The van der Waals surface area contributed by atoms with Gasteiger partial charge in [0.05, 0.1) is 18.2 Å². The number of benzene rings is 1. The third kappa shape index (κ3) is 5.93. The fraction of sp³-hybridized carbons (Fsp3) is 0.455. The topological polar surface area (TPSA) is 34.8 Å². The van der Waals surface area contributed by atoms with Crippen molar-refractivity contribution in [3.63, 3.8) is 0 Å². The maximum atomic E-state index is 7.41. The first-order chi connectivity index (χ1) is 29.2. The van der Waals surface area contributed by atoms with E-state index in [-0.39, 0.29) is 23.7 Å². The van der Waals surface area contributed by atoms with Crippen LogP contribution in [-0.2, 0) is 15.9 Å². The predicted molar refractivity (Wildman–Crippen MR) is 237 cm³/mol. The van der Waals surface area contributed by atoms with E-state index >= 15 is 0 Å². The van der Waals surface area contributed by atoms with E-state index in [2.05, 4.69) is 132 Å². The Morgan fingerprint density at radius 1 is 0.746 bits per heavy atom. The number of fused-ring (bicyclic) bond motifs is 11. The van der Waals surface area contributed by atoms with Crippen molar-refractivity contribution < 1.29 is 13.9 Å². The second-order valence-electron chi connectivity index (χ2n) is 19.1. The van der Waals surface area contributed by atoms with Crippen molar-refractivity contribution in [2.75, 3.05) is 0 Å². The Bertz CT molecular complexity index is 2350. The van der Waals surface area contributed by atoms with E-state index in [0.29, 0.717) is 41.5 Å². The number of aryl methyl sites for hydroxylation is 1. The molecule has 10 aliphatic rings. The summed E-state index contributed by atoms with van der Waals surface area (Å²) in [6, 6.07) is 9.06. The molecule has 11 atom stereocenters. The van der Waals surface area contributed by atoms with Crippen LogP contribution in [0.5, 0.6) is 0 Å². The van der Waals surface area contributed by atoms with Crippen molar-refractivity contribution in [3.8, 4) is 0 Å². The van der Waals surface area contributed by atoms with Gasteiger partial charge in [-0.2, -0.15) is 0 Å². The van der Waals surface area contributed by atoms with Crippen LogP contribution >= 0.6 is 0 Å². The van der Waals surface area contributed by atoms with Crippen molar-refractivity contribution in [3.05, 3.63) is 167 Å². The number of nitrogens with zero attached hydrogens (tertiary/aromatic N) is 1. The lowest BCUT2D eigenvalue weighted by Gasteiger charge is -2.65. The number of furan rings is 1. The van der Waals surface area contributed by atoms with Gasteiger partial charge in [0, 0.05) is 46.0 Å². The first-order valence-electron chi connectivity index (χ1n) is 23.4. The molecule has 1 aromatic carbocycles. The Hall–Kier alpha value is -4.54. The number of hydrogen-bond acceptors (Lipinski definition) is 4. The molecule has 2 aliphatic heterocycles. The van der Waals surface area contributed by atoms with E-state index in [1.165, 1.54) is 64.3 Å². The van der Waals surface area contributed by atoms with Crippen LogP contribution in [0.1, 0.15) is 101 Å². The van der Waals surface area contributed by atoms with E-state index in [4.69, 9.17) is 13.9 Å². The van der Waals surface area contributed by atoms with Crippen LogP contribution in [0.15, 0.2) is 160 Å². The third-order valence-corrected chi connectivity index (χ3v) is 16.3. The number of rotatable bonds is 5. The average molecular weight is 782 g/mol. The van der Waals surface area contributed by atoms with Gasteiger partial charge < -0.3 is 18.8 Å². The second-order valence-corrected chi connectivity index (χ2v) is 19.1. The molecule has 3 fully saturated rings. The average Bonchev–Trinajstić information content (AvgIpc) is 3.69. The minimum Gasteiger partial charge on any atom is -0.486 e. The molecule has 2 saturated heterocycles. The van der Waals surface area contributed by atoms with E-state index in [9.17, 15) is 0 Å². The van der Waals surface area contributed by atoms with Gasteiger partial charge in [-0.1, -0.05) is 97.2 Å². The summed E-state index contributed by atoms with van der Waals surface area (Å²) >= 11 is 0. The molecular formula is C55H59NO3.